The Hall–Kier alpha value is -3.59. The number of carbonyl (C=O) groups excluding carboxylic acids is 1. The monoisotopic (exact) mass is 481 g/mol. The van der Waals surface area contributed by atoms with Gasteiger partial charge in [0.25, 0.3) is 5.56 Å². The lowest BCUT2D eigenvalue weighted by Crippen LogP contribution is -2.38. The van der Waals surface area contributed by atoms with Crippen LogP contribution in [0.15, 0.2) is 41.2 Å². The molecule has 0 fully saturated rings. The van der Waals surface area contributed by atoms with Crippen LogP contribution in [-0.2, 0) is 11.2 Å². The van der Waals surface area contributed by atoms with Gasteiger partial charge in [-0.1, -0.05) is 24.3 Å². The number of nitrogens with zero attached hydrogens (tertiary/aromatic N) is 2. The van der Waals surface area contributed by atoms with Gasteiger partial charge in [0.1, 0.15) is 6.04 Å². The number of aryl methyl sites for hydroxylation is 1. The molecule has 0 aliphatic rings. The van der Waals surface area contributed by atoms with Crippen LogP contribution < -0.4 is 25.1 Å². The van der Waals surface area contributed by atoms with E-state index in [1.54, 1.807) is 45.7 Å². The molecule has 2 heterocycles. The van der Waals surface area contributed by atoms with Crippen LogP contribution in [0.25, 0.3) is 20.2 Å². The SMILES string of the molecule is COc1ccc(CCNC(=O)[C@H](C)n2nc(C)c3sc4ccccc4c3c2=O)c(OC)c1OC. The number of rotatable bonds is 8. The van der Waals surface area contributed by atoms with Crippen molar-refractivity contribution in [3.8, 4) is 17.2 Å². The first-order valence-corrected chi connectivity index (χ1v) is 11.7. The number of carbonyl (C=O) groups is 1. The van der Waals surface area contributed by atoms with Crippen LogP contribution in [0, 0.1) is 6.92 Å². The maximum absolute atomic E-state index is 13.3. The summed E-state index contributed by atoms with van der Waals surface area (Å²) in [6.45, 7) is 3.90. The van der Waals surface area contributed by atoms with Crippen molar-refractivity contribution in [3.63, 3.8) is 0 Å². The average Bonchev–Trinajstić information content (AvgIpc) is 3.25. The highest BCUT2D eigenvalue weighted by Crippen LogP contribution is 2.39. The van der Waals surface area contributed by atoms with Crippen LogP contribution in [0.3, 0.4) is 0 Å². The van der Waals surface area contributed by atoms with Gasteiger partial charge in [0.2, 0.25) is 11.7 Å². The predicted octanol–water partition coefficient (Wildman–Crippen LogP) is 3.87. The summed E-state index contributed by atoms with van der Waals surface area (Å²) in [6, 6.07) is 10.7. The number of methoxy groups -OCH3 is 3. The van der Waals surface area contributed by atoms with Crippen LogP contribution >= 0.6 is 11.3 Å². The van der Waals surface area contributed by atoms with Crippen molar-refractivity contribution in [2.45, 2.75) is 26.3 Å². The molecule has 2 aromatic carbocycles. The number of benzene rings is 2. The van der Waals surface area contributed by atoms with Crippen molar-refractivity contribution >= 4 is 37.4 Å². The molecule has 9 heteroatoms. The topological polar surface area (TPSA) is 91.7 Å². The number of thiophene rings is 1. The normalized spacial score (nSPS) is 12.0. The lowest BCUT2D eigenvalue weighted by Gasteiger charge is -2.17. The summed E-state index contributed by atoms with van der Waals surface area (Å²) in [5, 5.41) is 8.87. The number of fused-ring (bicyclic) bond motifs is 3. The standard InChI is InChI=1S/C25H27N3O5S/c1-14-23-20(17-8-6-7-9-19(17)34-23)25(30)28(27-14)15(2)24(29)26-13-12-16-10-11-18(31-3)22(33-5)21(16)32-4/h6-11,15H,12-13H2,1-5H3,(H,26,29)/t15-/m0/s1. The molecule has 0 bridgehead atoms. The van der Waals surface area contributed by atoms with Crippen molar-refractivity contribution in [2.75, 3.05) is 27.9 Å². The molecule has 2 aromatic heterocycles. The van der Waals surface area contributed by atoms with Gasteiger partial charge in [-0.05, 0) is 32.4 Å². The van der Waals surface area contributed by atoms with Crippen LogP contribution in [0.4, 0.5) is 0 Å². The summed E-state index contributed by atoms with van der Waals surface area (Å²) in [5.41, 5.74) is 1.33. The van der Waals surface area contributed by atoms with Crippen LogP contribution in [-0.4, -0.2) is 43.6 Å². The maximum Gasteiger partial charge on any atom is 0.276 e. The molecule has 0 saturated heterocycles. The van der Waals surface area contributed by atoms with E-state index in [1.807, 2.05) is 37.3 Å². The molecule has 8 nitrogen and oxygen atoms in total. The van der Waals surface area contributed by atoms with Gasteiger partial charge in [0.05, 0.1) is 37.1 Å². The molecule has 0 aliphatic heterocycles. The van der Waals surface area contributed by atoms with E-state index >= 15 is 0 Å². The third-order valence-corrected chi connectivity index (χ3v) is 7.11. The van der Waals surface area contributed by atoms with Crippen LogP contribution in [0.2, 0.25) is 0 Å². The zero-order valence-electron chi connectivity index (χ0n) is 19.8. The number of amides is 1. The predicted molar refractivity (Wildman–Crippen MR) is 134 cm³/mol. The number of hydrogen-bond donors (Lipinski definition) is 1. The highest BCUT2D eigenvalue weighted by atomic mass is 32.1. The molecule has 4 rings (SSSR count). The molecule has 0 spiro atoms. The second-order valence-electron chi connectivity index (χ2n) is 7.85. The molecular weight excluding hydrogens is 454 g/mol. The van der Waals surface area contributed by atoms with Crippen molar-refractivity contribution in [2.24, 2.45) is 0 Å². The molecular formula is C25H27N3O5S. The fraction of sp³-hybridized carbons (Fsp3) is 0.320. The van der Waals surface area contributed by atoms with Crippen LogP contribution in [0.1, 0.15) is 24.2 Å². The summed E-state index contributed by atoms with van der Waals surface area (Å²) in [5.74, 6) is 1.35. The molecule has 0 radical (unpaired) electrons. The zero-order valence-corrected chi connectivity index (χ0v) is 20.6. The van der Waals surface area contributed by atoms with Gasteiger partial charge < -0.3 is 19.5 Å². The Balaban J connectivity index is 1.55. The van der Waals surface area contributed by atoms with Crippen LogP contribution in [0.5, 0.6) is 17.2 Å². The van der Waals surface area contributed by atoms with Gasteiger partial charge in [-0.25, -0.2) is 4.68 Å². The van der Waals surface area contributed by atoms with Gasteiger partial charge in [-0.15, -0.1) is 11.3 Å². The fourth-order valence-electron chi connectivity index (χ4n) is 4.08. The number of ether oxygens (including phenoxy) is 3. The van der Waals surface area contributed by atoms with E-state index in [-0.39, 0.29) is 11.5 Å². The summed E-state index contributed by atoms with van der Waals surface area (Å²) in [6.07, 6.45) is 0.511. The largest absolute Gasteiger partial charge is 0.493 e. The number of aromatic nitrogens is 2. The Morgan fingerprint density at radius 1 is 1.09 bits per heavy atom. The zero-order chi connectivity index (χ0) is 24.4. The van der Waals surface area contributed by atoms with E-state index in [9.17, 15) is 9.59 Å². The first-order valence-electron chi connectivity index (χ1n) is 10.9. The van der Waals surface area contributed by atoms with Crippen molar-refractivity contribution < 1.29 is 19.0 Å². The Morgan fingerprint density at radius 3 is 2.53 bits per heavy atom. The number of nitrogens with one attached hydrogen (secondary N) is 1. The van der Waals surface area contributed by atoms with Gasteiger partial charge >= 0.3 is 0 Å². The highest BCUT2D eigenvalue weighted by molar-refractivity contribution is 7.26. The van der Waals surface area contributed by atoms with Gasteiger partial charge in [-0.3, -0.25) is 9.59 Å². The molecule has 34 heavy (non-hydrogen) atoms. The first-order chi connectivity index (χ1) is 16.4. The van der Waals surface area contributed by atoms with E-state index in [0.29, 0.717) is 35.6 Å². The fourth-order valence-corrected chi connectivity index (χ4v) is 5.22. The summed E-state index contributed by atoms with van der Waals surface area (Å²) in [7, 11) is 4.67. The summed E-state index contributed by atoms with van der Waals surface area (Å²) in [4.78, 5) is 26.2. The summed E-state index contributed by atoms with van der Waals surface area (Å²) < 4.78 is 19.4. The first kappa shape index (κ1) is 23.6. The Bertz CT molecular complexity index is 1430. The van der Waals surface area contributed by atoms with E-state index in [1.165, 1.54) is 4.68 Å². The molecule has 0 aliphatic carbocycles. The molecule has 178 valence electrons. The van der Waals surface area contributed by atoms with E-state index in [4.69, 9.17) is 14.2 Å². The van der Waals surface area contributed by atoms with Gasteiger partial charge in [0, 0.05) is 22.2 Å². The van der Waals surface area contributed by atoms with Gasteiger partial charge in [-0.2, -0.15) is 5.10 Å². The minimum absolute atomic E-state index is 0.262. The van der Waals surface area contributed by atoms with Crippen molar-refractivity contribution in [1.29, 1.82) is 0 Å². The van der Waals surface area contributed by atoms with E-state index in [2.05, 4.69) is 10.4 Å². The third-order valence-electron chi connectivity index (χ3n) is 5.83. The highest BCUT2D eigenvalue weighted by Gasteiger charge is 2.22. The minimum atomic E-state index is -0.762. The minimum Gasteiger partial charge on any atom is -0.493 e. The van der Waals surface area contributed by atoms with Gasteiger partial charge in [0.15, 0.2) is 11.5 Å². The molecule has 1 N–H and O–H groups in total. The Morgan fingerprint density at radius 2 is 1.82 bits per heavy atom. The van der Waals surface area contributed by atoms with Crippen molar-refractivity contribution in [3.05, 3.63) is 58.0 Å². The Labute approximate surface area is 201 Å². The molecule has 0 saturated carbocycles. The van der Waals surface area contributed by atoms with E-state index in [0.717, 1.165) is 26.0 Å². The van der Waals surface area contributed by atoms with E-state index < -0.39 is 6.04 Å². The molecule has 0 unspecified atom stereocenters. The molecule has 4 aromatic rings. The second-order valence-corrected chi connectivity index (χ2v) is 8.90. The smallest absolute Gasteiger partial charge is 0.276 e. The lowest BCUT2D eigenvalue weighted by molar-refractivity contribution is -0.124. The third kappa shape index (κ3) is 4.07. The molecule has 1 atom stereocenters. The average molecular weight is 482 g/mol. The molecule has 1 amide bonds. The number of hydrogen-bond acceptors (Lipinski definition) is 7. The summed E-state index contributed by atoms with van der Waals surface area (Å²) >= 11 is 1.54. The lowest BCUT2D eigenvalue weighted by atomic mass is 10.1. The quantitative estimate of drug-likeness (QED) is 0.411. The van der Waals surface area contributed by atoms with Crippen molar-refractivity contribution in [1.82, 2.24) is 15.1 Å². The Kier molecular flexibility index (Phi) is 6.74. The second kappa shape index (κ2) is 9.72. The maximum atomic E-state index is 13.3.